The Balaban J connectivity index is 1.99. The summed E-state index contributed by atoms with van der Waals surface area (Å²) in [5.74, 6) is 0.153. The maximum atomic E-state index is 12.8. The number of ether oxygens (including phenoxy) is 1. The third-order valence-corrected chi connectivity index (χ3v) is 6.63. The smallest absolute Gasteiger partial charge is 0.570 e. The second kappa shape index (κ2) is 8.31. The van der Waals surface area contributed by atoms with E-state index >= 15 is 0 Å². The zero-order valence-electron chi connectivity index (χ0n) is 15.6. The topological polar surface area (TPSA) is 97.6 Å². The molecule has 3 rings (SSSR count). The van der Waals surface area contributed by atoms with Gasteiger partial charge in [0.05, 0.1) is 0 Å². The monoisotopic (exact) mass is 436 g/mol. The highest BCUT2D eigenvalue weighted by molar-refractivity contribution is 7.90. The van der Waals surface area contributed by atoms with Gasteiger partial charge in [-0.3, -0.25) is 0 Å². The summed E-state index contributed by atoms with van der Waals surface area (Å²) in [6, 6.07) is 14.3. The Bertz CT molecular complexity index is 944. The average molecular weight is 437 g/mol. The molecule has 0 radical (unpaired) electrons. The van der Waals surface area contributed by atoms with Crippen LogP contribution < -0.4 is 4.72 Å². The van der Waals surface area contributed by atoms with E-state index in [1.54, 1.807) is 18.2 Å². The Morgan fingerprint density at radius 2 is 1.89 bits per heavy atom. The van der Waals surface area contributed by atoms with Crippen LogP contribution in [0.25, 0.3) is 0 Å². The molecule has 0 amide bonds. The van der Waals surface area contributed by atoms with Crippen LogP contribution >= 0.6 is 19.5 Å². The van der Waals surface area contributed by atoms with Crippen LogP contribution in [0, 0.1) is 5.16 Å². The van der Waals surface area contributed by atoms with E-state index in [4.69, 9.17) is 21.5 Å². The van der Waals surface area contributed by atoms with Gasteiger partial charge >= 0.3 is 13.6 Å². The van der Waals surface area contributed by atoms with Gasteiger partial charge in [0.15, 0.2) is 0 Å². The minimum absolute atomic E-state index is 0.153. The summed E-state index contributed by atoms with van der Waals surface area (Å²) in [4.78, 5) is 11.5. The van der Waals surface area contributed by atoms with Crippen molar-refractivity contribution in [3.05, 3.63) is 70.2 Å². The van der Waals surface area contributed by atoms with Crippen molar-refractivity contribution in [1.82, 2.24) is 4.72 Å². The molecule has 1 aliphatic rings. The first-order valence-corrected chi connectivity index (χ1v) is 11.3. The van der Waals surface area contributed by atoms with E-state index in [0.29, 0.717) is 10.6 Å². The van der Waals surface area contributed by atoms with Crippen LogP contribution in [0.3, 0.4) is 0 Å². The van der Waals surface area contributed by atoms with Crippen LogP contribution in [-0.2, 0) is 16.1 Å². The molecule has 0 saturated heterocycles. The molecule has 1 heterocycles. The maximum absolute atomic E-state index is 12.8. The van der Waals surface area contributed by atoms with E-state index in [-0.39, 0.29) is 11.9 Å². The first-order valence-electron chi connectivity index (χ1n) is 8.51. The summed E-state index contributed by atoms with van der Waals surface area (Å²) in [5, 5.41) is 8.22. The number of nitrogens with zero attached hydrogens (tertiary/aromatic N) is 1. The van der Waals surface area contributed by atoms with Gasteiger partial charge in [-0.2, -0.15) is 4.79 Å². The predicted molar refractivity (Wildman–Crippen MR) is 113 cm³/mol. The lowest BCUT2D eigenvalue weighted by Gasteiger charge is -2.28. The number of nitrogens with one attached hydrogen (secondary N) is 2. The minimum atomic E-state index is -1.89. The van der Waals surface area contributed by atoms with Gasteiger partial charge in [0.25, 0.3) is 5.90 Å². The first-order chi connectivity index (χ1) is 13.1. The van der Waals surface area contributed by atoms with Gasteiger partial charge in [-0.15, -0.1) is 4.72 Å². The van der Waals surface area contributed by atoms with Crippen molar-refractivity contribution in [2.24, 2.45) is 4.76 Å². The van der Waals surface area contributed by atoms with Crippen LogP contribution in [0.2, 0.25) is 5.02 Å². The Kier molecular flexibility index (Phi) is 6.22. The number of halogens is 1. The van der Waals surface area contributed by atoms with Gasteiger partial charge in [-0.1, -0.05) is 41.0 Å². The lowest BCUT2D eigenvalue weighted by molar-refractivity contribution is 0.225. The summed E-state index contributed by atoms with van der Waals surface area (Å²) in [5.41, 5.74) is 1.70. The van der Waals surface area contributed by atoms with Crippen LogP contribution in [0.4, 0.5) is 4.79 Å². The highest BCUT2D eigenvalue weighted by atomic mass is 35.5. The highest BCUT2D eigenvalue weighted by Gasteiger charge is 2.38. The molecule has 9 heteroatoms. The molecule has 2 unspecified atom stereocenters. The molecule has 2 N–H and O–H groups in total. The molecule has 6 nitrogen and oxygen atoms in total. The van der Waals surface area contributed by atoms with Crippen LogP contribution in [0.1, 0.15) is 43.5 Å². The summed E-state index contributed by atoms with van der Waals surface area (Å²) < 4.78 is 24.6. The number of hydrogen-bond donors (Lipinski definition) is 2. The SMILES string of the molecule is CC(C)(C)[S+]([O-])N[C@@H](c1ccc(Cl)cc1)c1cccc(C2=N[P+](=N)C(=O)O2)c1. The van der Waals surface area contributed by atoms with Crippen molar-refractivity contribution in [3.8, 4) is 0 Å². The Labute approximate surface area is 173 Å². The van der Waals surface area contributed by atoms with Crippen molar-refractivity contribution in [2.75, 3.05) is 0 Å². The van der Waals surface area contributed by atoms with Gasteiger partial charge in [-0.25, -0.2) is 0 Å². The van der Waals surface area contributed by atoms with Gasteiger partial charge < -0.3 is 9.29 Å². The number of hydrogen-bond acceptors (Lipinski definition) is 5. The Morgan fingerprint density at radius 1 is 1.21 bits per heavy atom. The van der Waals surface area contributed by atoms with Crippen molar-refractivity contribution < 1.29 is 14.1 Å². The number of rotatable bonds is 5. The molecule has 0 fully saturated rings. The number of carbonyl (C=O) groups excluding carboxylic acids is 1. The fourth-order valence-corrected chi connectivity index (χ4v) is 4.07. The molecule has 0 aliphatic carbocycles. The lowest BCUT2D eigenvalue weighted by Crippen LogP contribution is -2.41. The molecule has 146 valence electrons. The second-order valence-corrected chi connectivity index (χ2v) is 10.8. The van der Waals surface area contributed by atoms with E-state index in [0.717, 1.165) is 11.1 Å². The lowest BCUT2D eigenvalue weighted by atomic mass is 9.98. The van der Waals surface area contributed by atoms with Crippen molar-refractivity contribution >= 4 is 42.4 Å². The number of cyclic esters (lactones) is 1. The Morgan fingerprint density at radius 3 is 2.46 bits per heavy atom. The van der Waals surface area contributed by atoms with E-state index in [1.165, 1.54) is 0 Å². The normalized spacial score (nSPS) is 17.8. The zero-order chi connectivity index (χ0) is 20.5. The molecular weight excluding hydrogens is 417 g/mol. The third-order valence-electron chi connectivity index (χ3n) is 4.00. The molecule has 3 atom stereocenters. The molecule has 2 aromatic carbocycles. The fraction of sp³-hybridized carbons (Fsp3) is 0.263. The summed E-state index contributed by atoms with van der Waals surface area (Å²) >= 11 is 4.70. The van der Waals surface area contributed by atoms with Gasteiger partial charge in [0.2, 0.25) is 0 Å². The number of benzene rings is 2. The van der Waals surface area contributed by atoms with Crippen LogP contribution in [0.5, 0.6) is 0 Å². The van der Waals surface area contributed by atoms with Crippen molar-refractivity contribution in [1.29, 1.82) is 5.16 Å². The fourth-order valence-electron chi connectivity index (χ4n) is 2.51. The summed E-state index contributed by atoms with van der Waals surface area (Å²) in [6.07, 6.45) is 0. The third kappa shape index (κ3) is 4.80. The van der Waals surface area contributed by atoms with Crippen molar-refractivity contribution in [2.45, 2.75) is 31.6 Å². The zero-order valence-corrected chi connectivity index (χ0v) is 18.1. The largest absolute Gasteiger partial charge is 0.598 e. The molecule has 28 heavy (non-hydrogen) atoms. The number of carbonyl (C=O) groups is 1. The minimum Gasteiger partial charge on any atom is -0.598 e. The molecule has 2 aromatic rings. The predicted octanol–water partition coefficient (Wildman–Crippen LogP) is 5.54. The average Bonchev–Trinajstić information content (AvgIpc) is 2.98. The van der Waals surface area contributed by atoms with E-state index in [9.17, 15) is 9.35 Å². The Hall–Kier alpha value is -1.76. The quantitative estimate of drug-likeness (QED) is 0.475. The van der Waals surface area contributed by atoms with Gasteiger partial charge in [-0.05, 0) is 56.2 Å². The summed E-state index contributed by atoms with van der Waals surface area (Å²) in [6.45, 7) is 5.69. The van der Waals surface area contributed by atoms with Gasteiger partial charge in [0.1, 0.15) is 10.8 Å². The molecule has 0 spiro atoms. The van der Waals surface area contributed by atoms with Crippen molar-refractivity contribution in [3.63, 3.8) is 0 Å². The maximum Gasteiger partial charge on any atom is 0.570 e. The van der Waals surface area contributed by atoms with E-state index in [2.05, 4.69) is 9.49 Å². The first kappa shape index (κ1) is 21.0. The summed E-state index contributed by atoms with van der Waals surface area (Å²) in [7, 11) is -1.89. The highest BCUT2D eigenvalue weighted by Crippen LogP contribution is 2.35. The van der Waals surface area contributed by atoms with Gasteiger partial charge in [0, 0.05) is 26.7 Å². The molecule has 0 saturated carbocycles. The molecule has 0 bridgehead atoms. The molecule has 1 aliphatic heterocycles. The van der Waals surface area contributed by atoms with Crippen LogP contribution in [-0.4, -0.2) is 20.9 Å². The molecular formula is C19H20ClN3O3PS+. The molecule has 0 aromatic heterocycles. The van der Waals surface area contributed by atoms with Crippen LogP contribution in [0.15, 0.2) is 53.3 Å². The van der Waals surface area contributed by atoms with E-state index in [1.807, 2.05) is 51.1 Å². The second-order valence-electron chi connectivity index (χ2n) is 7.19. The van der Waals surface area contributed by atoms with E-state index < -0.39 is 29.7 Å². The standard InChI is InChI=1S/C19H20ClN3O3PS/c1-19(2,3)28(25)23-16(12-7-9-15(20)10-8-12)13-5-4-6-14(11-13)17-22-27(21)18(24)26-17/h4-11,16,21,23H,1-3H3/q+1/t16-,28?/m0/s1.